The van der Waals surface area contributed by atoms with Crippen molar-refractivity contribution in [1.29, 1.82) is 2.86 Å². The maximum atomic E-state index is 8.34. The van der Waals surface area contributed by atoms with Gasteiger partial charge in [0.2, 0.25) is 2.86 Å². The molecule has 0 aliphatic carbocycles. The lowest BCUT2D eigenvalue weighted by atomic mass is 10.5. The number of aliphatic hydroxyl groups excluding tert-OH is 2. The largest absolute Gasteiger partial charge is 0.412 e. The lowest BCUT2D eigenvalue weighted by Crippen LogP contribution is -2.25. The maximum Gasteiger partial charge on any atom is 0.206 e. The molecule has 0 aromatic rings. The molecule has 0 radical (unpaired) electrons. The molecule has 0 saturated heterocycles. The van der Waals surface area contributed by atoms with Crippen LogP contribution in [0.1, 0.15) is 0 Å². The lowest BCUT2D eigenvalue weighted by molar-refractivity contribution is 0.184. The highest BCUT2D eigenvalue weighted by Crippen LogP contribution is 1.76. The van der Waals surface area contributed by atoms with Crippen molar-refractivity contribution in [3.8, 4) is 0 Å². The maximum absolute atomic E-state index is 8.34. The van der Waals surface area contributed by atoms with Crippen LogP contribution in [0.25, 0.3) is 0 Å². The number of rotatable bonds is 4. The summed E-state index contributed by atoms with van der Waals surface area (Å²) in [5.41, 5.74) is 2.75. The molecule has 0 bridgehead atoms. The number of likely N-dealkylation sites (N-methyl/N-ethyl adjacent to an activating group) is 1. The molecule has 0 heterocycles. The predicted molar refractivity (Wildman–Crippen MR) is 35.3 cm³/mol. The summed E-state index contributed by atoms with van der Waals surface area (Å²) in [6.07, 6.45) is 0. The summed E-state index contributed by atoms with van der Waals surface area (Å²) in [4.78, 5) is 1.86. The molecule has 0 saturated carbocycles. The summed E-state index contributed by atoms with van der Waals surface area (Å²) in [6.45, 7) is 1.61. The standard InChI is InChI=1S/C5H13NO2.H2O/c1-6(2-4-7)3-5-8;/h7-8H,2-5H2,1H3;1H2/i/hD2. The van der Waals surface area contributed by atoms with Crippen LogP contribution in [0.15, 0.2) is 0 Å². The normalized spacial score (nSPS) is 11.6. The third kappa shape index (κ3) is 7.84. The Morgan fingerprint density at radius 1 is 1.44 bits per heavy atom. The summed E-state index contributed by atoms with van der Waals surface area (Å²) >= 11 is 0. The third-order valence-electron chi connectivity index (χ3n) is 0.963. The molecule has 4 nitrogen and oxygen atoms in total. The van der Waals surface area contributed by atoms with Gasteiger partial charge in [0.25, 0.3) is 0 Å². The average Bonchev–Trinajstić information content (AvgIpc) is 1.90. The Balaban J connectivity index is 0. The van der Waals surface area contributed by atoms with Gasteiger partial charge in [-0.1, -0.05) is 0 Å². The Labute approximate surface area is 58.0 Å². The molecule has 0 rings (SSSR count). The van der Waals surface area contributed by atoms with Crippen molar-refractivity contribution in [3.63, 3.8) is 0 Å². The van der Waals surface area contributed by atoms with Crippen molar-refractivity contribution in [2.45, 2.75) is 0 Å². The first-order valence-corrected chi connectivity index (χ1v) is 2.71. The van der Waals surface area contributed by atoms with Gasteiger partial charge >= 0.3 is 0 Å². The van der Waals surface area contributed by atoms with Gasteiger partial charge in [-0.2, -0.15) is 0 Å². The van der Waals surface area contributed by atoms with E-state index in [0.29, 0.717) is 13.1 Å². The lowest BCUT2D eigenvalue weighted by Gasteiger charge is -2.11. The van der Waals surface area contributed by atoms with E-state index in [1.165, 1.54) is 0 Å². The second kappa shape index (κ2) is 7.84. The van der Waals surface area contributed by atoms with Gasteiger partial charge in [-0.3, -0.25) is 0 Å². The first-order chi connectivity index (χ1) is 5.22. The summed E-state index contributed by atoms with van der Waals surface area (Å²) in [6, 6.07) is 0. The van der Waals surface area contributed by atoms with Crippen LogP contribution in [0.4, 0.5) is 0 Å². The zero-order valence-corrected chi connectivity index (χ0v) is 5.58. The molecular weight excluding hydrogens is 122 g/mol. The summed E-state index contributed by atoms with van der Waals surface area (Å²) in [5.74, 6) is 0. The molecular formula is C5H15NO3. The van der Waals surface area contributed by atoms with Crippen LogP contribution in [-0.2, 0) is 0 Å². The van der Waals surface area contributed by atoms with E-state index in [4.69, 9.17) is 13.1 Å². The van der Waals surface area contributed by atoms with E-state index >= 15 is 0 Å². The number of hydrogen-bond donors (Lipinski definition) is 2. The molecule has 0 spiro atoms. The fraction of sp³-hybridized carbons (Fsp3) is 1.00. The van der Waals surface area contributed by atoms with Crippen LogP contribution in [0.2, 0.25) is 0 Å². The highest BCUT2D eigenvalue weighted by Gasteiger charge is 1.91. The van der Waals surface area contributed by atoms with Crippen molar-refractivity contribution in [3.05, 3.63) is 0 Å². The predicted octanol–water partition coefficient (Wildman–Crippen LogP) is -1.92. The molecule has 0 fully saturated rings. The Morgan fingerprint density at radius 2 is 1.78 bits per heavy atom. The molecule has 4 N–H and O–H groups in total. The summed E-state index contributed by atoms with van der Waals surface area (Å²) < 4.78 is 10.8. The number of hydrogen-bond acceptors (Lipinski definition) is 3. The van der Waals surface area contributed by atoms with Gasteiger partial charge in [-0.05, 0) is 7.05 Å². The van der Waals surface area contributed by atoms with Gasteiger partial charge in [0.1, 0.15) is 0 Å². The van der Waals surface area contributed by atoms with Gasteiger partial charge in [0.05, 0.1) is 13.2 Å². The highest BCUT2D eigenvalue weighted by molar-refractivity contribution is 4.45. The van der Waals surface area contributed by atoms with Crippen molar-refractivity contribution in [2.24, 2.45) is 0 Å². The molecule has 4 heteroatoms. The minimum atomic E-state index is 0.163. The van der Waals surface area contributed by atoms with Crippen molar-refractivity contribution < 1.29 is 15.7 Å². The Kier molecular flexibility index (Phi) is 6.06. The zero-order chi connectivity index (χ0) is 9.11. The van der Waals surface area contributed by atoms with Crippen molar-refractivity contribution in [2.75, 3.05) is 33.4 Å². The zero-order valence-electron chi connectivity index (χ0n) is 7.58. The van der Waals surface area contributed by atoms with E-state index in [2.05, 4.69) is 5.48 Å². The molecule has 0 atom stereocenters. The van der Waals surface area contributed by atoms with E-state index in [1.807, 2.05) is 11.9 Å². The number of nitrogens with zero attached hydrogens (tertiary/aromatic N) is 1. The molecule has 0 aliphatic rings. The van der Waals surface area contributed by atoms with Crippen LogP contribution in [0.5, 0.6) is 0 Å². The van der Waals surface area contributed by atoms with E-state index in [9.17, 15) is 0 Å². The number of aliphatic hydroxyl groups is 2. The monoisotopic (exact) mass is 139 g/mol. The summed E-state index contributed by atoms with van der Waals surface area (Å²) in [5, 5.41) is 16.7. The Bertz CT molecular complexity index is 61.7. The highest BCUT2D eigenvalue weighted by atomic mass is 16.3. The van der Waals surface area contributed by atoms with E-state index in [0.717, 1.165) is 0 Å². The van der Waals surface area contributed by atoms with E-state index in [1.54, 1.807) is 0 Å². The van der Waals surface area contributed by atoms with Crippen LogP contribution < -0.4 is 0 Å². The first-order valence-electron chi connectivity index (χ1n) is 3.53. The molecule has 0 unspecified atom stereocenters. The molecule has 58 valence electrons. The fourth-order valence-electron chi connectivity index (χ4n) is 0.453. The van der Waals surface area contributed by atoms with Crippen molar-refractivity contribution in [1.82, 2.24) is 4.90 Å². The quantitative estimate of drug-likeness (QED) is 0.476. The van der Waals surface area contributed by atoms with Crippen molar-refractivity contribution >= 4 is 0 Å². The first kappa shape index (κ1) is 6.95. The summed E-state index contributed by atoms with van der Waals surface area (Å²) in [7, 11) is 1.85. The van der Waals surface area contributed by atoms with Gasteiger partial charge in [-0.25, -0.2) is 0 Å². The van der Waals surface area contributed by atoms with Crippen LogP contribution in [-0.4, -0.2) is 56.8 Å². The van der Waals surface area contributed by atoms with E-state index in [-0.39, 0.29) is 13.2 Å². The Morgan fingerprint density at radius 3 is 2.00 bits per heavy atom. The average molecular weight is 139 g/mol. The van der Waals surface area contributed by atoms with E-state index < -0.39 is 0 Å². The second-order valence-corrected chi connectivity index (χ2v) is 1.75. The van der Waals surface area contributed by atoms with Crippen LogP contribution >= 0.6 is 0 Å². The fourth-order valence-corrected chi connectivity index (χ4v) is 0.453. The second-order valence-electron chi connectivity index (χ2n) is 1.75. The Hall–Kier alpha value is -0.160. The minimum absolute atomic E-state index is 0.163. The minimum Gasteiger partial charge on any atom is -0.412 e. The van der Waals surface area contributed by atoms with Crippen LogP contribution in [0, 0.1) is 0 Å². The van der Waals surface area contributed by atoms with Gasteiger partial charge < -0.3 is 20.6 Å². The molecule has 0 aliphatic heterocycles. The van der Waals surface area contributed by atoms with Crippen LogP contribution in [0.3, 0.4) is 0 Å². The SMILES string of the molecule is CN(CCO)CCO.[2H]O[2H]. The van der Waals surface area contributed by atoms with Gasteiger partial charge in [0.15, 0.2) is 0 Å². The molecule has 0 aromatic carbocycles. The third-order valence-corrected chi connectivity index (χ3v) is 0.963. The molecule has 0 aromatic heterocycles. The van der Waals surface area contributed by atoms with Gasteiger partial charge in [-0.15, -0.1) is 0 Å². The molecule has 9 heavy (non-hydrogen) atoms. The topological polar surface area (TPSA) is 75.2 Å². The molecule has 0 amide bonds. The van der Waals surface area contributed by atoms with Gasteiger partial charge in [0, 0.05) is 13.1 Å². The smallest absolute Gasteiger partial charge is 0.206 e.